The first-order valence-corrected chi connectivity index (χ1v) is 13.4. The van der Waals surface area contributed by atoms with Gasteiger partial charge in [-0.25, -0.2) is 9.67 Å². The number of hydrogen-bond acceptors (Lipinski definition) is 5. The number of nitrogens with zero attached hydrogens (tertiary/aromatic N) is 3. The SMILES string of the molecule is NC(=O)c1c(-c2ccc3ccc(-c4ccccc4)nc3c2)nn2c1NCCC21CC(OCc2ccccc2)C1. The number of fused-ring (bicyclic) bond motifs is 3. The molecule has 7 heteroatoms. The quantitative estimate of drug-likeness (QED) is 0.300. The second-order valence-corrected chi connectivity index (χ2v) is 10.5. The summed E-state index contributed by atoms with van der Waals surface area (Å²) >= 11 is 0. The highest BCUT2D eigenvalue weighted by Gasteiger charge is 2.50. The normalized spacial score (nSPS) is 19.8. The maximum atomic E-state index is 12.8. The van der Waals surface area contributed by atoms with E-state index in [2.05, 4.69) is 23.5 Å². The molecule has 0 atom stereocenters. The minimum Gasteiger partial charge on any atom is -0.373 e. The van der Waals surface area contributed by atoms with Crippen LogP contribution in [-0.2, 0) is 16.9 Å². The monoisotopic (exact) mass is 515 g/mol. The van der Waals surface area contributed by atoms with Gasteiger partial charge in [-0.05, 0) is 37.0 Å². The molecule has 2 aromatic heterocycles. The van der Waals surface area contributed by atoms with Gasteiger partial charge in [0.2, 0.25) is 0 Å². The third kappa shape index (κ3) is 4.15. The van der Waals surface area contributed by atoms with Crippen molar-refractivity contribution in [2.24, 2.45) is 5.73 Å². The number of hydrogen-bond donors (Lipinski definition) is 2. The van der Waals surface area contributed by atoms with Crippen molar-refractivity contribution in [3.63, 3.8) is 0 Å². The van der Waals surface area contributed by atoms with Gasteiger partial charge >= 0.3 is 0 Å². The van der Waals surface area contributed by atoms with Crippen LogP contribution in [0.25, 0.3) is 33.4 Å². The van der Waals surface area contributed by atoms with Gasteiger partial charge in [0.25, 0.3) is 5.91 Å². The molecule has 1 aliphatic heterocycles. The first-order valence-electron chi connectivity index (χ1n) is 13.4. The summed E-state index contributed by atoms with van der Waals surface area (Å²) in [4.78, 5) is 17.7. The van der Waals surface area contributed by atoms with Crippen LogP contribution >= 0.6 is 0 Å². The second kappa shape index (κ2) is 9.36. The lowest BCUT2D eigenvalue weighted by atomic mass is 9.71. The van der Waals surface area contributed by atoms with E-state index in [4.69, 9.17) is 20.6 Å². The van der Waals surface area contributed by atoms with Gasteiger partial charge in [0, 0.05) is 23.1 Å². The summed E-state index contributed by atoms with van der Waals surface area (Å²) in [5, 5.41) is 9.46. The lowest BCUT2D eigenvalue weighted by molar-refractivity contribution is -0.0887. The number of rotatable bonds is 6. The fourth-order valence-corrected chi connectivity index (χ4v) is 5.98. The molecule has 5 aromatic rings. The molecule has 1 aliphatic carbocycles. The van der Waals surface area contributed by atoms with Crippen molar-refractivity contribution >= 4 is 22.6 Å². The van der Waals surface area contributed by atoms with E-state index in [0.29, 0.717) is 23.7 Å². The van der Waals surface area contributed by atoms with Gasteiger partial charge in [-0.15, -0.1) is 0 Å². The smallest absolute Gasteiger partial charge is 0.254 e. The summed E-state index contributed by atoms with van der Waals surface area (Å²) in [6.45, 7) is 1.36. The van der Waals surface area contributed by atoms with Gasteiger partial charge in [0.05, 0.1) is 29.5 Å². The van der Waals surface area contributed by atoms with E-state index in [1.165, 1.54) is 5.56 Å². The summed E-state index contributed by atoms with van der Waals surface area (Å²) in [6.07, 6.45) is 2.79. The third-order valence-electron chi connectivity index (χ3n) is 8.04. The Morgan fingerprint density at radius 3 is 2.49 bits per heavy atom. The van der Waals surface area contributed by atoms with Crippen LogP contribution in [0.15, 0.2) is 91.0 Å². The van der Waals surface area contributed by atoms with E-state index in [9.17, 15) is 4.79 Å². The van der Waals surface area contributed by atoms with Gasteiger partial charge in [0.15, 0.2) is 0 Å². The molecule has 0 radical (unpaired) electrons. The van der Waals surface area contributed by atoms with Crippen LogP contribution < -0.4 is 11.1 Å². The van der Waals surface area contributed by atoms with E-state index in [0.717, 1.165) is 53.5 Å². The van der Waals surface area contributed by atoms with Gasteiger partial charge in [-0.2, -0.15) is 5.10 Å². The molecule has 3 aromatic carbocycles. The average molecular weight is 516 g/mol. The number of amides is 1. The Morgan fingerprint density at radius 2 is 1.72 bits per heavy atom. The van der Waals surface area contributed by atoms with E-state index >= 15 is 0 Å². The number of primary amides is 1. The van der Waals surface area contributed by atoms with Crippen LogP contribution in [0.2, 0.25) is 0 Å². The Morgan fingerprint density at radius 1 is 0.974 bits per heavy atom. The first-order chi connectivity index (χ1) is 19.1. The van der Waals surface area contributed by atoms with Gasteiger partial charge < -0.3 is 15.8 Å². The largest absolute Gasteiger partial charge is 0.373 e. The molecule has 2 aliphatic rings. The van der Waals surface area contributed by atoms with Gasteiger partial charge in [-0.1, -0.05) is 78.9 Å². The van der Waals surface area contributed by atoms with Crippen molar-refractivity contribution in [3.05, 3.63) is 102 Å². The lowest BCUT2D eigenvalue weighted by Crippen LogP contribution is -2.54. The van der Waals surface area contributed by atoms with Crippen molar-refractivity contribution < 1.29 is 9.53 Å². The number of ether oxygens (including phenoxy) is 1. The Balaban J connectivity index is 1.22. The predicted octanol–water partition coefficient (Wildman–Crippen LogP) is 5.75. The highest BCUT2D eigenvalue weighted by atomic mass is 16.5. The average Bonchev–Trinajstić information content (AvgIpc) is 3.36. The molecule has 0 saturated heterocycles. The molecule has 3 heterocycles. The molecule has 0 unspecified atom stereocenters. The van der Waals surface area contributed by atoms with Crippen molar-refractivity contribution in [2.45, 2.75) is 37.5 Å². The maximum absolute atomic E-state index is 12.8. The molecule has 0 bridgehead atoms. The highest BCUT2D eigenvalue weighted by Crippen LogP contribution is 2.49. The molecule has 7 rings (SSSR count). The van der Waals surface area contributed by atoms with Crippen LogP contribution in [0.3, 0.4) is 0 Å². The number of nitrogens with one attached hydrogen (secondary N) is 1. The van der Waals surface area contributed by atoms with Crippen LogP contribution in [-0.4, -0.2) is 33.3 Å². The zero-order valence-corrected chi connectivity index (χ0v) is 21.5. The predicted molar refractivity (Wildman–Crippen MR) is 152 cm³/mol. The topological polar surface area (TPSA) is 95.1 Å². The molecule has 7 nitrogen and oxygen atoms in total. The Bertz CT molecular complexity index is 1670. The number of nitrogens with two attached hydrogens (primary N) is 1. The fraction of sp³-hybridized carbons (Fsp3) is 0.219. The van der Waals surface area contributed by atoms with Crippen LogP contribution in [0.4, 0.5) is 5.82 Å². The van der Waals surface area contributed by atoms with Gasteiger partial charge in [-0.3, -0.25) is 4.79 Å². The third-order valence-corrected chi connectivity index (χ3v) is 8.04. The Hall–Kier alpha value is -4.49. The van der Waals surface area contributed by atoms with Crippen molar-refractivity contribution in [1.82, 2.24) is 14.8 Å². The molecule has 1 spiro atoms. The Kier molecular flexibility index (Phi) is 5.67. The standard InChI is InChI=1S/C32H29N5O2/c33-30(38)28-29(24-12-11-23-13-14-26(35-27(23)17-24)22-9-5-2-6-10-22)36-37-31(28)34-16-15-32(37)18-25(19-32)39-20-21-7-3-1-4-8-21/h1-14,17,25,34H,15-16,18-20H2,(H2,33,38). The highest BCUT2D eigenvalue weighted by molar-refractivity contribution is 6.04. The number of carbonyl (C=O) groups excluding carboxylic acids is 1. The summed E-state index contributed by atoms with van der Waals surface area (Å²) < 4.78 is 8.22. The van der Waals surface area contributed by atoms with Crippen LogP contribution in [0.1, 0.15) is 35.2 Å². The molecule has 1 fully saturated rings. The van der Waals surface area contributed by atoms with E-state index in [1.54, 1.807) is 0 Å². The minimum absolute atomic E-state index is 0.155. The van der Waals surface area contributed by atoms with Gasteiger partial charge in [0.1, 0.15) is 17.1 Å². The number of carbonyl (C=O) groups is 1. The number of anilines is 1. The number of benzene rings is 3. The minimum atomic E-state index is -0.488. The zero-order chi connectivity index (χ0) is 26.4. The molecule has 1 saturated carbocycles. The molecular weight excluding hydrogens is 486 g/mol. The number of aromatic nitrogens is 3. The second-order valence-electron chi connectivity index (χ2n) is 10.5. The summed E-state index contributed by atoms with van der Waals surface area (Å²) in [5.41, 5.74) is 11.6. The molecule has 3 N–H and O–H groups in total. The lowest BCUT2D eigenvalue weighted by Gasteiger charge is -2.50. The zero-order valence-electron chi connectivity index (χ0n) is 21.5. The number of pyridine rings is 1. The fourth-order valence-electron chi connectivity index (χ4n) is 5.98. The maximum Gasteiger partial charge on any atom is 0.254 e. The van der Waals surface area contributed by atoms with Crippen LogP contribution in [0.5, 0.6) is 0 Å². The van der Waals surface area contributed by atoms with Crippen molar-refractivity contribution in [1.29, 1.82) is 0 Å². The molecule has 1 amide bonds. The van der Waals surface area contributed by atoms with Crippen molar-refractivity contribution in [3.8, 4) is 22.5 Å². The van der Waals surface area contributed by atoms with E-state index < -0.39 is 5.91 Å². The molecule has 39 heavy (non-hydrogen) atoms. The Labute approximate surface area is 226 Å². The molecule has 194 valence electrons. The van der Waals surface area contributed by atoms with Crippen LogP contribution in [0, 0.1) is 0 Å². The van der Waals surface area contributed by atoms with Crippen molar-refractivity contribution in [2.75, 3.05) is 11.9 Å². The van der Waals surface area contributed by atoms with E-state index in [-0.39, 0.29) is 11.6 Å². The first kappa shape index (κ1) is 23.6. The molecular formula is C32H29N5O2. The summed E-state index contributed by atoms with van der Waals surface area (Å²) in [6, 6.07) is 30.5. The van der Waals surface area contributed by atoms with E-state index in [1.807, 2.05) is 77.5 Å². The summed E-state index contributed by atoms with van der Waals surface area (Å²) in [5.74, 6) is 0.217. The summed E-state index contributed by atoms with van der Waals surface area (Å²) in [7, 11) is 0.